The molecular weight excluding hydrogens is 444 g/mol. The molecule has 1 heterocycles. The third kappa shape index (κ3) is 6.83. The first kappa shape index (κ1) is 26.2. The van der Waals surface area contributed by atoms with Gasteiger partial charge < -0.3 is 30.6 Å². The number of nitrogens with one attached hydrogen (secondary N) is 2. The maximum absolute atomic E-state index is 11.8. The number of anilines is 3. The number of nitrogens with two attached hydrogens (primary N) is 1. The minimum Gasteiger partial charge on any atom is -0.495 e. The largest absolute Gasteiger partial charge is 0.495 e. The van der Waals surface area contributed by atoms with Crippen molar-refractivity contribution < 1.29 is 19.0 Å². The number of benzene rings is 2. The van der Waals surface area contributed by atoms with Gasteiger partial charge in [0.2, 0.25) is 5.91 Å². The van der Waals surface area contributed by atoms with Crippen molar-refractivity contribution in [2.45, 2.75) is 46.3 Å². The van der Waals surface area contributed by atoms with Crippen LogP contribution < -0.4 is 21.1 Å². The van der Waals surface area contributed by atoms with E-state index in [2.05, 4.69) is 28.6 Å². The number of methoxy groups -OCH3 is 1. The number of pyridine rings is 1. The lowest BCUT2D eigenvalue weighted by Gasteiger charge is -2.20. The minimum atomic E-state index is -0.414. The van der Waals surface area contributed by atoms with Crippen LogP contribution in [0.1, 0.15) is 38.3 Å². The van der Waals surface area contributed by atoms with Crippen molar-refractivity contribution in [1.82, 2.24) is 4.98 Å². The van der Waals surface area contributed by atoms with E-state index in [0.29, 0.717) is 31.9 Å². The number of aryl methyl sites for hydroxylation is 1. The molecule has 0 saturated heterocycles. The molecule has 188 valence electrons. The van der Waals surface area contributed by atoms with E-state index in [0.717, 1.165) is 39.9 Å². The molecule has 0 saturated carbocycles. The third-order valence-electron chi connectivity index (χ3n) is 5.69. The van der Waals surface area contributed by atoms with E-state index < -0.39 is 5.91 Å². The van der Waals surface area contributed by atoms with Gasteiger partial charge in [0, 0.05) is 55.1 Å². The van der Waals surface area contributed by atoms with E-state index >= 15 is 0 Å². The van der Waals surface area contributed by atoms with E-state index in [1.54, 1.807) is 13.3 Å². The van der Waals surface area contributed by atoms with Gasteiger partial charge in [-0.25, -0.2) is 0 Å². The lowest BCUT2D eigenvalue weighted by atomic mass is 10.0. The van der Waals surface area contributed by atoms with Crippen molar-refractivity contribution in [1.29, 1.82) is 0 Å². The quantitative estimate of drug-likeness (QED) is 0.285. The molecule has 1 aromatic heterocycles. The summed E-state index contributed by atoms with van der Waals surface area (Å²) in [5, 5.41) is 7.87. The van der Waals surface area contributed by atoms with Crippen molar-refractivity contribution in [2.75, 3.05) is 37.5 Å². The molecular formula is C27H36N4O4. The molecule has 0 fully saturated rings. The van der Waals surface area contributed by atoms with Crippen molar-refractivity contribution in [2.24, 2.45) is 5.73 Å². The predicted molar refractivity (Wildman–Crippen MR) is 140 cm³/mol. The molecule has 0 aliphatic carbocycles. The molecule has 0 bridgehead atoms. The van der Waals surface area contributed by atoms with Crippen LogP contribution in [0, 0.1) is 0 Å². The first-order valence-electron chi connectivity index (χ1n) is 12.1. The highest BCUT2D eigenvalue weighted by Crippen LogP contribution is 2.37. The molecule has 2 aromatic carbocycles. The highest BCUT2D eigenvalue weighted by atomic mass is 16.7. The molecule has 8 nitrogen and oxygen atoms in total. The number of ether oxygens (including phenoxy) is 3. The smallest absolute Gasteiger partial charge is 0.221 e. The number of hydrogen-bond donors (Lipinski definition) is 3. The molecule has 4 N–H and O–H groups in total. The predicted octanol–water partition coefficient (Wildman–Crippen LogP) is 4.78. The van der Waals surface area contributed by atoms with Gasteiger partial charge in [-0.05, 0) is 38.0 Å². The number of aromatic nitrogens is 1. The number of carbonyl (C=O) groups is 1. The standard InChI is InChI=1S/C27H36N4O4/c1-5-18-10-8-9-11-21(18)31-27-19(14-25(28)32)17-30-22-16-24(33-4)23(15-20(22)27)29-13-12-26(34-6-2)35-7-3/h8-11,15-17,26,29H,5-7,12-14H2,1-4H3,(H2,28,32)(H,30,31). The fourth-order valence-electron chi connectivity index (χ4n) is 4.03. The van der Waals surface area contributed by atoms with Crippen LogP contribution in [0.3, 0.4) is 0 Å². The lowest BCUT2D eigenvalue weighted by Crippen LogP contribution is -2.21. The highest BCUT2D eigenvalue weighted by molar-refractivity contribution is 5.99. The van der Waals surface area contributed by atoms with Crippen LogP contribution in [0.4, 0.5) is 17.1 Å². The number of amides is 1. The summed E-state index contributed by atoms with van der Waals surface area (Å²) in [7, 11) is 1.63. The summed E-state index contributed by atoms with van der Waals surface area (Å²) in [5.41, 5.74) is 10.8. The highest BCUT2D eigenvalue weighted by Gasteiger charge is 2.16. The monoisotopic (exact) mass is 480 g/mol. The first-order chi connectivity index (χ1) is 17.0. The molecule has 0 radical (unpaired) electrons. The van der Waals surface area contributed by atoms with Crippen molar-refractivity contribution in [3.05, 3.63) is 53.7 Å². The number of hydrogen-bond acceptors (Lipinski definition) is 7. The topological polar surface area (TPSA) is 108 Å². The Labute approximate surface area is 207 Å². The second-order valence-electron chi connectivity index (χ2n) is 8.06. The average Bonchev–Trinajstić information content (AvgIpc) is 2.85. The number of carbonyl (C=O) groups excluding carboxylic acids is 1. The SMILES string of the molecule is CCOC(CCNc1cc2c(Nc3ccccc3CC)c(CC(N)=O)cnc2cc1OC)OCC. The molecule has 8 heteroatoms. The molecule has 1 amide bonds. The van der Waals surface area contributed by atoms with E-state index in [4.69, 9.17) is 19.9 Å². The Morgan fingerprint density at radius 1 is 1.06 bits per heavy atom. The van der Waals surface area contributed by atoms with Crippen molar-refractivity contribution in [3.63, 3.8) is 0 Å². The molecule has 0 spiro atoms. The van der Waals surface area contributed by atoms with Crippen LogP contribution in [0.5, 0.6) is 5.75 Å². The normalized spacial score (nSPS) is 11.1. The Morgan fingerprint density at radius 2 is 1.80 bits per heavy atom. The second kappa shape index (κ2) is 12.9. The summed E-state index contributed by atoms with van der Waals surface area (Å²) in [4.78, 5) is 16.4. The zero-order chi connectivity index (χ0) is 25.2. The Hall–Kier alpha value is -3.36. The number of rotatable bonds is 14. The maximum atomic E-state index is 11.8. The molecule has 0 aliphatic rings. The maximum Gasteiger partial charge on any atom is 0.221 e. The van der Waals surface area contributed by atoms with Gasteiger partial charge in [0.25, 0.3) is 0 Å². The van der Waals surface area contributed by atoms with Gasteiger partial charge in [0.15, 0.2) is 6.29 Å². The Bertz CT molecular complexity index is 1130. The number of nitrogens with zero attached hydrogens (tertiary/aromatic N) is 1. The lowest BCUT2D eigenvalue weighted by molar-refractivity contribution is -0.137. The van der Waals surface area contributed by atoms with Gasteiger partial charge in [-0.3, -0.25) is 9.78 Å². The number of para-hydroxylation sites is 1. The van der Waals surface area contributed by atoms with E-state index in [-0.39, 0.29) is 12.7 Å². The van der Waals surface area contributed by atoms with Gasteiger partial charge >= 0.3 is 0 Å². The van der Waals surface area contributed by atoms with E-state index in [1.165, 1.54) is 5.56 Å². The molecule has 0 atom stereocenters. The summed E-state index contributed by atoms with van der Waals surface area (Å²) >= 11 is 0. The summed E-state index contributed by atoms with van der Waals surface area (Å²) in [6.07, 6.45) is 3.07. The van der Waals surface area contributed by atoms with Crippen LogP contribution in [0.2, 0.25) is 0 Å². The van der Waals surface area contributed by atoms with Gasteiger partial charge in [-0.15, -0.1) is 0 Å². The molecule has 35 heavy (non-hydrogen) atoms. The zero-order valence-electron chi connectivity index (χ0n) is 21.0. The van der Waals surface area contributed by atoms with Gasteiger partial charge in [0.05, 0.1) is 30.4 Å². The van der Waals surface area contributed by atoms with Gasteiger partial charge in [-0.1, -0.05) is 25.1 Å². The van der Waals surface area contributed by atoms with Gasteiger partial charge in [0.1, 0.15) is 5.75 Å². The number of primary amides is 1. The summed E-state index contributed by atoms with van der Waals surface area (Å²) in [6.45, 7) is 7.82. The van der Waals surface area contributed by atoms with Gasteiger partial charge in [-0.2, -0.15) is 0 Å². The Kier molecular flexibility index (Phi) is 9.69. The second-order valence-corrected chi connectivity index (χ2v) is 8.06. The van der Waals surface area contributed by atoms with Crippen LogP contribution >= 0.6 is 0 Å². The van der Waals surface area contributed by atoms with E-state index in [1.807, 2.05) is 44.2 Å². The summed E-state index contributed by atoms with van der Waals surface area (Å²) < 4.78 is 16.9. The third-order valence-corrected chi connectivity index (χ3v) is 5.69. The van der Waals surface area contributed by atoms with Crippen molar-refractivity contribution in [3.8, 4) is 5.75 Å². The molecule has 3 rings (SSSR count). The van der Waals surface area contributed by atoms with Crippen LogP contribution in [-0.2, 0) is 27.1 Å². The van der Waals surface area contributed by atoms with E-state index in [9.17, 15) is 4.79 Å². The average molecular weight is 481 g/mol. The fourth-order valence-corrected chi connectivity index (χ4v) is 4.03. The number of fused-ring (bicyclic) bond motifs is 1. The van der Waals surface area contributed by atoms with Crippen LogP contribution in [0.15, 0.2) is 42.6 Å². The Balaban J connectivity index is 2.01. The van der Waals surface area contributed by atoms with Crippen LogP contribution in [-0.4, -0.2) is 44.0 Å². The molecule has 3 aromatic rings. The molecule has 0 aliphatic heterocycles. The van der Waals surface area contributed by atoms with Crippen LogP contribution in [0.25, 0.3) is 10.9 Å². The zero-order valence-corrected chi connectivity index (χ0v) is 21.0. The summed E-state index contributed by atoms with van der Waals surface area (Å²) in [6, 6.07) is 12.0. The fraction of sp³-hybridized carbons (Fsp3) is 0.407. The van der Waals surface area contributed by atoms with Crippen molar-refractivity contribution >= 4 is 33.9 Å². The summed E-state index contributed by atoms with van der Waals surface area (Å²) in [5.74, 6) is 0.264. The first-order valence-corrected chi connectivity index (χ1v) is 12.1. The Morgan fingerprint density at radius 3 is 2.46 bits per heavy atom. The molecule has 0 unspecified atom stereocenters. The minimum absolute atomic E-state index is 0.0821.